The van der Waals surface area contributed by atoms with Crippen LogP contribution in [0.5, 0.6) is 0 Å². The van der Waals surface area contributed by atoms with Gasteiger partial charge in [0.2, 0.25) is 11.7 Å². The van der Waals surface area contributed by atoms with Gasteiger partial charge in [-0.15, -0.1) is 0 Å². The Hall–Kier alpha value is -1.20. The van der Waals surface area contributed by atoms with E-state index in [1.807, 2.05) is 16.8 Å². The molecule has 0 atom stereocenters. The van der Waals surface area contributed by atoms with E-state index in [1.165, 1.54) is 0 Å². The van der Waals surface area contributed by atoms with Gasteiger partial charge in [-0.2, -0.15) is 16.3 Å². The summed E-state index contributed by atoms with van der Waals surface area (Å²) in [5.74, 6) is 1.55. The molecule has 2 aromatic rings. The van der Waals surface area contributed by atoms with Gasteiger partial charge in [0.1, 0.15) is 0 Å². The van der Waals surface area contributed by atoms with Gasteiger partial charge in [0.05, 0.1) is 6.10 Å². The number of hydrogen-bond donors (Lipinski definition) is 1. The number of aliphatic hydroxyl groups is 1. The van der Waals surface area contributed by atoms with Crippen LogP contribution in [0.4, 0.5) is 0 Å². The molecule has 0 spiro atoms. The summed E-state index contributed by atoms with van der Waals surface area (Å²) in [6.07, 6.45) is 1.29. The van der Waals surface area contributed by atoms with Crippen LogP contribution in [0.25, 0.3) is 11.4 Å². The predicted molar refractivity (Wildman–Crippen MR) is 55.6 cm³/mol. The van der Waals surface area contributed by atoms with Crippen molar-refractivity contribution >= 4 is 11.3 Å². The molecule has 2 heterocycles. The molecule has 78 valence electrons. The van der Waals surface area contributed by atoms with Gasteiger partial charge >= 0.3 is 0 Å². The number of hydrogen-bond acceptors (Lipinski definition) is 5. The predicted octanol–water partition coefficient (Wildman–Crippen LogP) is 2.04. The van der Waals surface area contributed by atoms with Crippen LogP contribution in [-0.2, 0) is 0 Å². The standard InChI is InChI=1S/C10H10N2O2S/c13-8-3-7(4-8)10-11-9(12-14-10)6-1-2-15-5-6/h1-2,5,7-8,13H,3-4H2. The summed E-state index contributed by atoms with van der Waals surface area (Å²) in [7, 11) is 0. The molecule has 0 aromatic carbocycles. The molecule has 1 N–H and O–H groups in total. The van der Waals surface area contributed by atoms with Gasteiger partial charge in [-0.25, -0.2) is 0 Å². The van der Waals surface area contributed by atoms with Gasteiger partial charge in [-0.1, -0.05) is 5.16 Å². The van der Waals surface area contributed by atoms with E-state index in [0.29, 0.717) is 11.7 Å². The molecule has 4 nitrogen and oxygen atoms in total. The Bertz CT molecular complexity index is 446. The molecule has 0 aliphatic heterocycles. The Balaban J connectivity index is 1.82. The number of nitrogens with zero attached hydrogens (tertiary/aromatic N) is 2. The number of rotatable bonds is 2. The van der Waals surface area contributed by atoms with Crippen molar-refractivity contribution in [2.75, 3.05) is 0 Å². The van der Waals surface area contributed by atoms with Crippen LogP contribution in [0.2, 0.25) is 0 Å². The van der Waals surface area contributed by atoms with Crippen molar-refractivity contribution in [3.8, 4) is 11.4 Å². The highest BCUT2D eigenvalue weighted by atomic mass is 32.1. The molecule has 1 fully saturated rings. The monoisotopic (exact) mass is 222 g/mol. The van der Waals surface area contributed by atoms with Crippen molar-refractivity contribution < 1.29 is 9.63 Å². The Kier molecular flexibility index (Phi) is 2.07. The maximum Gasteiger partial charge on any atom is 0.230 e. The van der Waals surface area contributed by atoms with Crippen molar-refractivity contribution in [3.05, 3.63) is 22.7 Å². The molecule has 1 saturated carbocycles. The lowest BCUT2D eigenvalue weighted by molar-refractivity contribution is 0.0625. The summed E-state index contributed by atoms with van der Waals surface area (Å²) in [5.41, 5.74) is 0.995. The van der Waals surface area contributed by atoms with Gasteiger partial charge in [-0.3, -0.25) is 0 Å². The van der Waals surface area contributed by atoms with Crippen molar-refractivity contribution in [1.82, 2.24) is 10.1 Å². The third kappa shape index (κ3) is 1.57. The lowest BCUT2D eigenvalue weighted by Crippen LogP contribution is -2.26. The third-order valence-electron chi connectivity index (χ3n) is 2.68. The van der Waals surface area contributed by atoms with Crippen molar-refractivity contribution in [1.29, 1.82) is 0 Å². The van der Waals surface area contributed by atoms with E-state index in [0.717, 1.165) is 18.4 Å². The number of aliphatic hydroxyl groups excluding tert-OH is 1. The highest BCUT2D eigenvalue weighted by Gasteiger charge is 2.33. The average Bonchev–Trinajstić information content (AvgIpc) is 2.83. The van der Waals surface area contributed by atoms with Gasteiger partial charge in [0.15, 0.2) is 0 Å². The molecule has 15 heavy (non-hydrogen) atoms. The lowest BCUT2D eigenvalue weighted by Gasteiger charge is -2.27. The molecule has 0 saturated heterocycles. The molecule has 5 heteroatoms. The molecule has 0 radical (unpaired) electrons. The number of aromatic nitrogens is 2. The van der Waals surface area contributed by atoms with Gasteiger partial charge < -0.3 is 9.63 Å². The highest BCUT2D eigenvalue weighted by Crippen LogP contribution is 2.36. The molecule has 1 aliphatic carbocycles. The van der Waals surface area contributed by atoms with E-state index in [-0.39, 0.29) is 12.0 Å². The zero-order valence-corrected chi connectivity index (χ0v) is 8.78. The fraction of sp³-hybridized carbons (Fsp3) is 0.400. The van der Waals surface area contributed by atoms with Crippen LogP contribution in [0.15, 0.2) is 21.3 Å². The van der Waals surface area contributed by atoms with Crippen LogP contribution in [0.3, 0.4) is 0 Å². The van der Waals surface area contributed by atoms with Gasteiger partial charge in [0.25, 0.3) is 0 Å². The molecule has 2 aromatic heterocycles. The molecular weight excluding hydrogens is 212 g/mol. The van der Waals surface area contributed by atoms with Crippen LogP contribution in [0, 0.1) is 0 Å². The van der Waals surface area contributed by atoms with E-state index >= 15 is 0 Å². The quantitative estimate of drug-likeness (QED) is 0.844. The second-order valence-corrected chi connectivity index (χ2v) is 4.57. The molecule has 0 bridgehead atoms. The van der Waals surface area contributed by atoms with Crippen LogP contribution >= 0.6 is 11.3 Å². The summed E-state index contributed by atoms with van der Waals surface area (Å²) in [5, 5.41) is 17.1. The molecule has 3 rings (SSSR count). The SMILES string of the molecule is OC1CC(c2nc(-c3ccsc3)no2)C1. The van der Waals surface area contributed by atoms with Gasteiger partial charge in [-0.05, 0) is 24.3 Å². The second kappa shape index (κ2) is 3.43. The number of thiophene rings is 1. The fourth-order valence-electron chi connectivity index (χ4n) is 1.70. The average molecular weight is 222 g/mol. The second-order valence-electron chi connectivity index (χ2n) is 3.79. The first kappa shape index (κ1) is 9.06. The minimum atomic E-state index is -0.188. The topological polar surface area (TPSA) is 59.2 Å². The summed E-state index contributed by atoms with van der Waals surface area (Å²) in [6.45, 7) is 0. The Labute approximate surface area is 90.6 Å². The first-order valence-corrected chi connectivity index (χ1v) is 5.81. The van der Waals surface area contributed by atoms with E-state index < -0.39 is 0 Å². The Morgan fingerprint density at radius 1 is 1.47 bits per heavy atom. The maximum atomic E-state index is 9.18. The third-order valence-corrected chi connectivity index (χ3v) is 3.37. The molecular formula is C10H10N2O2S. The van der Waals surface area contributed by atoms with E-state index in [9.17, 15) is 5.11 Å². The normalized spacial score (nSPS) is 25.1. The molecule has 0 amide bonds. The fourth-order valence-corrected chi connectivity index (χ4v) is 2.33. The molecule has 0 unspecified atom stereocenters. The van der Waals surface area contributed by atoms with Crippen LogP contribution < -0.4 is 0 Å². The van der Waals surface area contributed by atoms with Gasteiger partial charge in [0, 0.05) is 16.9 Å². The Morgan fingerprint density at radius 2 is 2.33 bits per heavy atom. The maximum absolute atomic E-state index is 9.18. The summed E-state index contributed by atoms with van der Waals surface area (Å²) in [4.78, 5) is 4.33. The minimum absolute atomic E-state index is 0.188. The van der Waals surface area contributed by atoms with E-state index in [4.69, 9.17) is 4.52 Å². The first-order chi connectivity index (χ1) is 7.33. The largest absolute Gasteiger partial charge is 0.393 e. The lowest BCUT2D eigenvalue weighted by atomic mass is 9.82. The van der Waals surface area contributed by atoms with Crippen LogP contribution in [-0.4, -0.2) is 21.4 Å². The zero-order chi connectivity index (χ0) is 10.3. The minimum Gasteiger partial charge on any atom is -0.393 e. The first-order valence-electron chi connectivity index (χ1n) is 4.87. The van der Waals surface area contributed by atoms with E-state index in [1.54, 1.807) is 11.3 Å². The zero-order valence-electron chi connectivity index (χ0n) is 7.96. The van der Waals surface area contributed by atoms with Crippen molar-refractivity contribution in [2.45, 2.75) is 24.9 Å². The van der Waals surface area contributed by atoms with Crippen molar-refractivity contribution in [2.24, 2.45) is 0 Å². The van der Waals surface area contributed by atoms with Crippen LogP contribution in [0.1, 0.15) is 24.7 Å². The smallest absolute Gasteiger partial charge is 0.230 e. The summed E-state index contributed by atoms with van der Waals surface area (Å²) < 4.78 is 5.17. The Morgan fingerprint density at radius 3 is 3.00 bits per heavy atom. The van der Waals surface area contributed by atoms with Crippen molar-refractivity contribution in [3.63, 3.8) is 0 Å². The molecule has 1 aliphatic rings. The highest BCUT2D eigenvalue weighted by molar-refractivity contribution is 7.08. The summed E-state index contributed by atoms with van der Waals surface area (Å²) >= 11 is 1.61. The van der Waals surface area contributed by atoms with E-state index in [2.05, 4.69) is 10.1 Å². The summed E-state index contributed by atoms with van der Waals surface area (Å²) in [6, 6.07) is 1.97.